The second kappa shape index (κ2) is 6.86. The molecule has 2 N–H and O–H groups in total. The monoisotopic (exact) mass is 230 g/mol. The summed E-state index contributed by atoms with van der Waals surface area (Å²) < 4.78 is 5.05. The molecule has 0 heterocycles. The van der Waals surface area contributed by atoms with Crippen LogP contribution in [0.4, 0.5) is 0 Å². The van der Waals surface area contributed by atoms with Crippen molar-refractivity contribution in [3.05, 3.63) is 0 Å². The summed E-state index contributed by atoms with van der Waals surface area (Å²) in [7, 11) is 1.95. The highest BCUT2D eigenvalue weighted by Crippen LogP contribution is 2.17. The average Bonchev–Trinajstić information content (AvgIpc) is 2.18. The molecule has 0 saturated carbocycles. The minimum absolute atomic E-state index is 0.0225. The maximum Gasteiger partial charge on any atom is 0.323 e. The number of rotatable bonds is 7. The van der Waals surface area contributed by atoms with Crippen LogP contribution in [0.5, 0.6) is 0 Å². The third-order valence-electron chi connectivity index (χ3n) is 2.71. The maximum atomic E-state index is 11.7. The van der Waals surface area contributed by atoms with Gasteiger partial charge in [-0.15, -0.1) is 0 Å². The maximum absolute atomic E-state index is 11.7. The summed E-state index contributed by atoms with van der Waals surface area (Å²) in [4.78, 5) is 13.7. The first-order chi connectivity index (χ1) is 7.37. The van der Waals surface area contributed by atoms with E-state index >= 15 is 0 Å². The van der Waals surface area contributed by atoms with Gasteiger partial charge in [-0.1, -0.05) is 20.8 Å². The van der Waals surface area contributed by atoms with Crippen molar-refractivity contribution in [2.45, 2.75) is 40.2 Å². The zero-order valence-corrected chi connectivity index (χ0v) is 11.2. The Morgan fingerprint density at radius 3 is 2.38 bits per heavy atom. The summed E-state index contributed by atoms with van der Waals surface area (Å²) in [5, 5.41) is 0. The molecule has 0 spiro atoms. The first-order valence-electron chi connectivity index (χ1n) is 5.95. The molecule has 0 amide bonds. The van der Waals surface area contributed by atoms with Crippen molar-refractivity contribution in [3.8, 4) is 0 Å². The van der Waals surface area contributed by atoms with Crippen LogP contribution in [-0.4, -0.2) is 43.7 Å². The van der Waals surface area contributed by atoms with Crippen molar-refractivity contribution in [3.63, 3.8) is 0 Å². The standard InChI is InChI=1S/C12H26N2O2/c1-6-10(11(15)16-7-2)14(5)9-12(3,4)8-13/h10H,6-9,13H2,1-5H3. The van der Waals surface area contributed by atoms with Crippen LogP contribution in [0.15, 0.2) is 0 Å². The number of nitrogens with two attached hydrogens (primary N) is 1. The van der Waals surface area contributed by atoms with Gasteiger partial charge >= 0.3 is 5.97 Å². The van der Waals surface area contributed by atoms with Crippen LogP contribution >= 0.6 is 0 Å². The third kappa shape index (κ3) is 4.94. The van der Waals surface area contributed by atoms with Crippen LogP contribution in [0.3, 0.4) is 0 Å². The molecule has 0 bridgehead atoms. The molecule has 0 aromatic rings. The lowest BCUT2D eigenvalue weighted by Crippen LogP contribution is -2.45. The second-order valence-electron chi connectivity index (χ2n) is 4.96. The van der Waals surface area contributed by atoms with Gasteiger partial charge in [-0.3, -0.25) is 9.69 Å². The van der Waals surface area contributed by atoms with Crippen LogP contribution in [0.2, 0.25) is 0 Å². The van der Waals surface area contributed by atoms with E-state index in [1.807, 2.05) is 25.8 Å². The smallest absolute Gasteiger partial charge is 0.323 e. The van der Waals surface area contributed by atoms with Gasteiger partial charge in [0.05, 0.1) is 6.61 Å². The number of carbonyl (C=O) groups is 1. The van der Waals surface area contributed by atoms with Gasteiger partial charge in [-0.25, -0.2) is 0 Å². The van der Waals surface area contributed by atoms with Gasteiger partial charge < -0.3 is 10.5 Å². The molecule has 0 radical (unpaired) electrons. The molecule has 1 unspecified atom stereocenters. The Morgan fingerprint density at radius 2 is 2.00 bits per heavy atom. The summed E-state index contributed by atoms with van der Waals surface area (Å²) in [6, 6.07) is -0.161. The largest absolute Gasteiger partial charge is 0.465 e. The van der Waals surface area contributed by atoms with Crippen LogP contribution in [0.25, 0.3) is 0 Å². The Balaban J connectivity index is 4.42. The fourth-order valence-electron chi connectivity index (χ4n) is 1.75. The lowest BCUT2D eigenvalue weighted by Gasteiger charge is -2.33. The molecule has 16 heavy (non-hydrogen) atoms. The Bertz CT molecular complexity index is 217. The van der Waals surface area contributed by atoms with E-state index in [-0.39, 0.29) is 17.4 Å². The molecule has 4 nitrogen and oxygen atoms in total. The van der Waals surface area contributed by atoms with E-state index in [0.29, 0.717) is 13.2 Å². The Labute approximate surface area is 99.1 Å². The van der Waals surface area contributed by atoms with E-state index in [0.717, 1.165) is 13.0 Å². The molecular weight excluding hydrogens is 204 g/mol. The van der Waals surface area contributed by atoms with Gasteiger partial charge in [-0.05, 0) is 32.4 Å². The van der Waals surface area contributed by atoms with Crippen molar-refractivity contribution in [2.75, 3.05) is 26.7 Å². The number of likely N-dealkylation sites (N-methyl/N-ethyl adjacent to an activating group) is 1. The molecule has 0 fully saturated rings. The molecule has 0 aliphatic rings. The SMILES string of the molecule is CCOC(=O)C(CC)N(C)CC(C)(C)CN. The number of hydrogen-bond donors (Lipinski definition) is 1. The van der Waals surface area contributed by atoms with E-state index in [9.17, 15) is 4.79 Å². The summed E-state index contributed by atoms with van der Waals surface area (Å²) in [5.41, 5.74) is 5.71. The van der Waals surface area contributed by atoms with Crippen LogP contribution in [0.1, 0.15) is 34.1 Å². The van der Waals surface area contributed by atoms with E-state index in [1.54, 1.807) is 0 Å². The minimum Gasteiger partial charge on any atom is -0.465 e. The first kappa shape index (κ1) is 15.4. The molecule has 0 aliphatic heterocycles. The Morgan fingerprint density at radius 1 is 1.44 bits per heavy atom. The van der Waals surface area contributed by atoms with Gasteiger partial charge in [0, 0.05) is 6.54 Å². The third-order valence-corrected chi connectivity index (χ3v) is 2.71. The van der Waals surface area contributed by atoms with Crippen LogP contribution in [-0.2, 0) is 9.53 Å². The van der Waals surface area contributed by atoms with E-state index in [2.05, 4.69) is 13.8 Å². The van der Waals surface area contributed by atoms with Gasteiger partial charge in [0.1, 0.15) is 6.04 Å². The zero-order chi connectivity index (χ0) is 12.8. The number of hydrogen-bond acceptors (Lipinski definition) is 4. The Kier molecular flexibility index (Phi) is 6.60. The molecule has 0 aromatic heterocycles. The van der Waals surface area contributed by atoms with Gasteiger partial charge in [-0.2, -0.15) is 0 Å². The number of ether oxygens (including phenoxy) is 1. The van der Waals surface area contributed by atoms with E-state index in [4.69, 9.17) is 10.5 Å². The fraction of sp³-hybridized carbons (Fsp3) is 0.917. The predicted molar refractivity (Wildman–Crippen MR) is 66.2 cm³/mol. The number of esters is 1. The van der Waals surface area contributed by atoms with E-state index < -0.39 is 0 Å². The molecule has 96 valence electrons. The minimum atomic E-state index is -0.161. The summed E-state index contributed by atoms with van der Waals surface area (Å²) >= 11 is 0. The van der Waals surface area contributed by atoms with Crippen molar-refractivity contribution in [1.29, 1.82) is 0 Å². The summed E-state index contributed by atoms with van der Waals surface area (Å²) in [6.07, 6.45) is 0.760. The normalized spacial score (nSPS) is 13.9. The Hall–Kier alpha value is -0.610. The molecule has 0 saturated heterocycles. The zero-order valence-electron chi connectivity index (χ0n) is 11.2. The molecule has 4 heteroatoms. The predicted octanol–water partition coefficient (Wildman–Crippen LogP) is 1.24. The lowest BCUT2D eigenvalue weighted by atomic mass is 9.92. The quantitative estimate of drug-likeness (QED) is 0.669. The fourth-order valence-corrected chi connectivity index (χ4v) is 1.75. The second-order valence-corrected chi connectivity index (χ2v) is 4.96. The molecule has 0 aromatic carbocycles. The summed E-state index contributed by atoms with van der Waals surface area (Å²) in [6.45, 7) is 9.85. The molecule has 0 rings (SSSR count). The highest BCUT2D eigenvalue weighted by atomic mass is 16.5. The summed E-state index contributed by atoms with van der Waals surface area (Å²) in [5.74, 6) is -0.139. The van der Waals surface area contributed by atoms with E-state index in [1.165, 1.54) is 0 Å². The van der Waals surface area contributed by atoms with Crippen molar-refractivity contribution >= 4 is 5.97 Å². The van der Waals surface area contributed by atoms with Crippen molar-refractivity contribution in [2.24, 2.45) is 11.1 Å². The molecule has 1 atom stereocenters. The highest BCUT2D eigenvalue weighted by molar-refractivity contribution is 5.75. The molecule has 0 aliphatic carbocycles. The topological polar surface area (TPSA) is 55.6 Å². The van der Waals surface area contributed by atoms with Crippen LogP contribution < -0.4 is 5.73 Å². The molecular formula is C12H26N2O2. The highest BCUT2D eigenvalue weighted by Gasteiger charge is 2.27. The van der Waals surface area contributed by atoms with Gasteiger partial charge in [0.15, 0.2) is 0 Å². The van der Waals surface area contributed by atoms with Crippen molar-refractivity contribution in [1.82, 2.24) is 4.90 Å². The van der Waals surface area contributed by atoms with Crippen molar-refractivity contribution < 1.29 is 9.53 Å². The first-order valence-corrected chi connectivity index (χ1v) is 5.95. The number of nitrogens with zero attached hydrogens (tertiary/aromatic N) is 1. The van der Waals surface area contributed by atoms with Gasteiger partial charge in [0.2, 0.25) is 0 Å². The van der Waals surface area contributed by atoms with Gasteiger partial charge in [0.25, 0.3) is 0 Å². The van der Waals surface area contributed by atoms with Crippen LogP contribution in [0, 0.1) is 5.41 Å². The average molecular weight is 230 g/mol. The number of carbonyl (C=O) groups excluding carboxylic acids is 1. The lowest BCUT2D eigenvalue weighted by molar-refractivity contribution is -0.149.